The maximum Gasteiger partial charge on any atom is 0.234 e. The third-order valence-electron chi connectivity index (χ3n) is 4.44. The Labute approximate surface area is 137 Å². The molecule has 2 aliphatic rings. The van der Waals surface area contributed by atoms with E-state index in [1.807, 2.05) is 0 Å². The molecule has 3 rings (SSSR count). The third-order valence-corrected chi connectivity index (χ3v) is 4.44. The minimum atomic E-state index is 0.303. The fraction of sp³-hybridized carbons (Fsp3) is 0.706. The molecule has 6 nitrogen and oxygen atoms in total. The van der Waals surface area contributed by atoms with Crippen LogP contribution in [0.4, 0.5) is 5.82 Å². The Balaban J connectivity index is 1.66. The van der Waals surface area contributed by atoms with Crippen molar-refractivity contribution in [3.8, 4) is 5.88 Å². The molecule has 2 aliphatic heterocycles. The zero-order valence-corrected chi connectivity index (χ0v) is 14.1. The van der Waals surface area contributed by atoms with E-state index in [1.165, 1.54) is 0 Å². The topological polar surface area (TPSA) is 58.6 Å². The van der Waals surface area contributed by atoms with Crippen LogP contribution in [-0.4, -0.2) is 53.1 Å². The van der Waals surface area contributed by atoms with Crippen LogP contribution < -0.4 is 9.64 Å². The van der Waals surface area contributed by atoms with Gasteiger partial charge in [0, 0.05) is 32.1 Å². The number of nitrogens with zero attached hydrogens (tertiary/aromatic N) is 4. The Bertz CT molecular complexity index is 549. The van der Waals surface area contributed by atoms with Gasteiger partial charge in [-0.2, -0.15) is 4.98 Å². The molecule has 126 valence electrons. The number of rotatable bonds is 5. The molecule has 1 aromatic heterocycles. The van der Waals surface area contributed by atoms with Crippen LogP contribution in [0, 0.1) is 5.92 Å². The Kier molecular flexibility index (Phi) is 4.98. The summed E-state index contributed by atoms with van der Waals surface area (Å²) < 4.78 is 5.68. The molecule has 1 amide bonds. The molecule has 3 heterocycles. The van der Waals surface area contributed by atoms with Gasteiger partial charge in [-0.05, 0) is 25.2 Å². The second-order valence-electron chi connectivity index (χ2n) is 6.85. The number of hydrogen-bond acceptors (Lipinski definition) is 5. The standard InChI is InChI=1S/C17H26N4O2/c1-13(2)12-23-16-10-18-9-15(19-16)20-7-3-5-14(11-20)21-8-4-6-17(21)22/h9-10,13-14H,3-8,11-12H2,1-2H3/t14-/m0/s1. The molecule has 0 bridgehead atoms. The number of likely N-dealkylation sites (tertiary alicyclic amines) is 1. The predicted octanol–water partition coefficient (Wildman–Crippen LogP) is 2.10. The first-order chi connectivity index (χ1) is 11.1. The molecular formula is C17H26N4O2. The van der Waals surface area contributed by atoms with E-state index in [4.69, 9.17) is 4.74 Å². The Morgan fingerprint density at radius 1 is 1.30 bits per heavy atom. The van der Waals surface area contributed by atoms with Gasteiger partial charge in [-0.3, -0.25) is 9.78 Å². The maximum absolute atomic E-state index is 12.0. The van der Waals surface area contributed by atoms with E-state index in [0.717, 1.165) is 44.7 Å². The molecule has 0 saturated carbocycles. The van der Waals surface area contributed by atoms with Crippen LogP contribution in [-0.2, 0) is 4.79 Å². The highest BCUT2D eigenvalue weighted by atomic mass is 16.5. The van der Waals surface area contributed by atoms with Crippen LogP contribution in [0.25, 0.3) is 0 Å². The predicted molar refractivity (Wildman–Crippen MR) is 88.5 cm³/mol. The molecule has 0 unspecified atom stereocenters. The van der Waals surface area contributed by atoms with Gasteiger partial charge in [-0.15, -0.1) is 0 Å². The molecule has 0 N–H and O–H groups in total. The Morgan fingerprint density at radius 2 is 2.17 bits per heavy atom. The lowest BCUT2D eigenvalue weighted by atomic mass is 10.0. The second kappa shape index (κ2) is 7.15. The van der Waals surface area contributed by atoms with E-state index in [9.17, 15) is 4.79 Å². The summed E-state index contributed by atoms with van der Waals surface area (Å²) in [6.45, 7) is 7.57. The van der Waals surface area contributed by atoms with E-state index >= 15 is 0 Å². The molecular weight excluding hydrogens is 292 g/mol. The van der Waals surface area contributed by atoms with Crippen LogP contribution in [0.1, 0.15) is 39.5 Å². The summed E-state index contributed by atoms with van der Waals surface area (Å²) in [5, 5.41) is 0. The summed E-state index contributed by atoms with van der Waals surface area (Å²) in [6.07, 6.45) is 7.31. The van der Waals surface area contributed by atoms with E-state index in [2.05, 4.69) is 33.6 Å². The summed E-state index contributed by atoms with van der Waals surface area (Å²) >= 11 is 0. The van der Waals surface area contributed by atoms with Crippen molar-refractivity contribution in [1.29, 1.82) is 0 Å². The van der Waals surface area contributed by atoms with Crippen LogP contribution in [0.15, 0.2) is 12.4 Å². The number of amides is 1. The second-order valence-corrected chi connectivity index (χ2v) is 6.85. The number of anilines is 1. The zero-order valence-electron chi connectivity index (χ0n) is 14.1. The van der Waals surface area contributed by atoms with Crippen LogP contribution in [0.3, 0.4) is 0 Å². The zero-order chi connectivity index (χ0) is 16.2. The van der Waals surface area contributed by atoms with Gasteiger partial charge in [-0.1, -0.05) is 13.8 Å². The van der Waals surface area contributed by atoms with Gasteiger partial charge in [0.05, 0.1) is 19.0 Å². The average molecular weight is 318 g/mol. The van der Waals surface area contributed by atoms with Gasteiger partial charge in [0.25, 0.3) is 0 Å². The minimum Gasteiger partial charge on any atom is -0.476 e. The number of carbonyl (C=O) groups is 1. The van der Waals surface area contributed by atoms with Crippen molar-refractivity contribution < 1.29 is 9.53 Å². The van der Waals surface area contributed by atoms with Gasteiger partial charge >= 0.3 is 0 Å². The van der Waals surface area contributed by atoms with Crippen molar-refractivity contribution in [3.63, 3.8) is 0 Å². The van der Waals surface area contributed by atoms with Gasteiger partial charge in [0.2, 0.25) is 11.8 Å². The summed E-state index contributed by atoms with van der Waals surface area (Å²) in [5.74, 6) is 2.19. The third kappa shape index (κ3) is 3.92. The molecule has 2 fully saturated rings. The van der Waals surface area contributed by atoms with E-state index in [1.54, 1.807) is 12.4 Å². The van der Waals surface area contributed by atoms with E-state index in [-0.39, 0.29) is 0 Å². The smallest absolute Gasteiger partial charge is 0.234 e. The maximum atomic E-state index is 12.0. The molecule has 0 aliphatic carbocycles. The van der Waals surface area contributed by atoms with Gasteiger partial charge in [-0.25, -0.2) is 0 Å². The molecule has 1 aromatic rings. The average Bonchev–Trinajstić information content (AvgIpc) is 2.99. The fourth-order valence-corrected chi connectivity index (χ4v) is 3.28. The van der Waals surface area contributed by atoms with Crippen molar-refractivity contribution in [1.82, 2.24) is 14.9 Å². The lowest BCUT2D eigenvalue weighted by Gasteiger charge is -2.38. The molecule has 0 spiro atoms. The highest BCUT2D eigenvalue weighted by molar-refractivity contribution is 5.78. The van der Waals surface area contributed by atoms with Gasteiger partial charge in [0.15, 0.2) is 5.82 Å². The number of hydrogen-bond donors (Lipinski definition) is 0. The van der Waals surface area contributed by atoms with Gasteiger partial charge < -0.3 is 14.5 Å². The monoisotopic (exact) mass is 318 g/mol. The SMILES string of the molecule is CC(C)COc1cncc(N2CCC[C@H](N3CCCC3=O)C2)n1. The van der Waals surface area contributed by atoms with Crippen molar-refractivity contribution in [3.05, 3.63) is 12.4 Å². The van der Waals surface area contributed by atoms with Crippen LogP contribution in [0.5, 0.6) is 5.88 Å². The number of piperidine rings is 1. The minimum absolute atomic E-state index is 0.303. The highest BCUT2D eigenvalue weighted by Crippen LogP contribution is 2.25. The largest absolute Gasteiger partial charge is 0.476 e. The van der Waals surface area contributed by atoms with E-state index in [0.29, 0.717) is 36.8 Å². The number of aromatic nitrogens is 2. The highest BCUT2D eigenvalue weighted by Gasteiger charge is 2.31. The lowest BCUT2D eigenvalue weighted by Crippen LogP contribution is -2.48. The van der Waals surface area contributed by atoms with Crippen LogP contribution in [0.2, 0.25) is 0 Å². The van der Waals surface area contributed by atoms with Crippen molar-refractivity contribution in [2.45, 2.75) is 45.6 Å². The normalized spacial score (nSPS) is 22.0. The molecule has 0 radical (unpaired) electrons. The van der Waals surface area contributed by atoms with Crippen molar-refractivity contribution in [2.24, 2.45) is 5.92 Å². The molecule has 23 heavy (non-hydrogen) atoms. The molecule has 6 heteroatoms. The van der Waals surface area contributed by atoms with Crippen molar-refractivity contribution in [2.75, 3.05) is 31.1 Å². The molecule has 2 saturated heterocycles. The number of ether oxygens (including phenoxy) is 1. The first-order valence-electron chi connectivity index (χ1n) is 8.62. The quantitative estimate of drug-likeness (QED) is 0.832. The summed E-state index contributed by atoms with van der Waals surface area (Å²) in [4.78, 5) is 25.1. The van der Waals surface area contributed by atoms with E-state index < -0.39 is 0 Å². The summed E-state index contributed by atoms with van der Waals surface area (Å²) in [5.41, 5.74) is 0. The Morgan fingerprint density at radius 3 is 2.91 bits per heavy atom. The first kappa shape index (κ1) is 16.0. The molecule has 0 aromatic carbocycles. The summed E-state index contributed by atoms with van der Waals surface area (Å²) in [7, 11) is 0. The lowest BCUT2D eigenvalue weighted by molar-refractivity contribution is -0.129. The Hall–Kier alpha value is -1.85. The van der Waals surface area contributed by atoms with Gasteiger partial charge in [0.1, 0.15) is 0 Å². The molecule has 1 atom stereocenters. The first-order valence-corrected chi connectivity index (χ1v) is 8.62. The summed E-state index contributed by atoms with van der Waals surface area (Å²) in [6, 6.07) is 0.306. The van der Waals surface area contributed by atoms with Crippen LogP contribution >= 0.6 is 0 Å². The fourth-order valence-electron chi connectivity index (χ4n) is 3.28. The number of carbonyl (C=O) groups excluding carboxylic acids is 1. The van der Waals surface area contributed by atoms with Crippen molar-refractivity contribution >= 4 is 11.7 Å².